The van der Waals surface area contributed by atoms with Crippen LogP contribution in [0.1, 0.15) is 13.3 Å². The number of para-hydroxylation sites is 2. The van der Waals surface area contributed by atoms with Crippen LogP contribution in [0.15, 0.2) is 48.6 Å². The van der Waals surface area contributed by atoms with Gasteiger partial charge in [-0.1, -0.05) is 36.4 Å². The van der Waals surface area contributed by atoms with Gasteiger partial charge in [0.15, 0.2) is 0 Å². The highest BCUT2D eigenvalue weighted by atomic mass is 15.1. The molecule has 1 aromatic carbocycles. The predicted octanol–water partition coefficient (Wildman–Crippen LogP) is 3.23. The van der Waals surface area contributed by atoms with Crippen molar-refractivity contribution in [1.29, 1.82) is 0 Å². The van der Waals surface area contributed by atoms with Gasteiger partial charge in [-0.05, 0) is 25.5 Å². The van der Waals surface area contributed by atoms with Crippen molar-refractivity contribution in [2.45, 2.75) is 13.3 Å². The van der Waals surface area contributed by atoms with Gasteiger partial charge in [-0.3, -0.25) is 0 Å². The van der Waals surface area contributed by atoms with E-state index in [1.807, 2.05) is 38.2 Å². The number of nitrogens with two attached hydrogens (primary N) is 1. The zero-order valence-electron chi connectivity index (χ0n) is 10.2. The maximum atomic E-state index is 5.91. The van der Waals surface area contributed by atoms with E-state index in [1.54, 1.807) is 0 Å². The fourth-order valence-corrected chi connectivity index (χ4v) is 1.47. The summed E-state index contributed by atoms with van der Waals surface area (Å²) in [7, 11) is 2.04. The van der Waals surface area contributed by atoms with E-state index >= 15 is 0 Å². The molecule has 1 rings (SSSR count). The van der Waals surface area contributed by atoms with Crippen LogP contribution in [0, 0.1) is 0 Å². The molecule has 2 nitrogen and oxygen atoms in total. The number of nitrogens with zero attached hydrogens (tertiary/aromatic N) is 1. The summed E-state index contributed by atoms with van der Waals surface area (Å²) in [5, 5.41) is 0. The van der Waals surface area contributed by atoms with Crippen LogP contribution in [0.4, 0.5) is 11.4 Å². The van der Waals surface area contributed by atoms with Crippen LogP contribution < -0.4 is 10.6 Å². The first-order valence-electron chi connectivity index (χ1n) is 5.41. The normalized spacial score (nSPS) is 9.88. The van der Waals surface area contributed by atoms with Crippen molar-refractivity contribution in [3.63, 3.8) is 0 Å². The quantitative estimate of drug-likeness (QED) is 0.605. The number of hydrogen-bond acceptors (Lipinski definition) is 2. The van der Waals surface area contributed by atoms with Crippen LogP contribution in [0.25, 0.3) is 0 Å². The van der Waals surface area contributed by atoms with Gasteiger partial charge in [-0.2, -0.15) is 0 Å². The largest absolute Gasteiger partial charge is 0.397 e. The molecule has 0 saturated heterocycles. The molecule has 0 fully saturated rings. The molecule has 0 unspecified atom stereocenters. The minimum absolute atomic E-state index is 0.811. The third-order valence-corrected chi connectivity index (χ3v) is 2.70. The molecule has 0 aliphatic heterocycles. The highest BCUT2D eigenvalue weighted by molar-refractivity contribution is 5.66. The van der Waals surface area contributed by atoms with Crippen molar-refractivity contribution in [1.82, 2.24) is 0 Å². The molecule has 2 N–H and O–H groups in total. The van der Waals surface area contributed by atoms with E-state index in [2.05, 4.69) is 18.1 Å². The highest BCUT2D eigenvalue weighted by Crippen LogP contribution is 2.22. The Morgan fingerprint density at radius 1 is 1.31 bits per heavy atom. The molecular formula is C14H20N2. The number of benzene rings is 1. The monoisotopic (exact) mass is 216 g/mol. The molecule has 2 heteroatoms. The fraction of sp³-hybridized carbons (Fsp3) is 0.286. The summed E-state index contributed by atoms with van der Waals surface area (Å²) in [4.78, 5) is 2.14. The van der Waals surface area contributed by atoms with E-state index in [4.69, 9.17) is 5.73 Å². The molecule has 0 saturated carbocycles. The van der Waals surface area contributed by atoms with Gasteiger partial charge in [0, 0.05) is 13.6 Å². The number of anilines is 2. The van der Waals surface area contributed by atoms with Crippen LogP contribution in [-0.2, 0) is 0 Å². The lowest BCUT2D eigenvalue weighted by Gasteiger charge is -2.21. The summed E-state index contributed by atoms with van der Waals surface area (Å²) in [6, 6.07) is 7.88. The van der Waals surface area contributed by atoms with E-state index in [0.717, 1.165) is 35.5 Å². The van der Waals surface area contributed by atoms with E-state index < -0.39 is 0 Å². The Balaban J connectivity index is 2.60. The van der Waals surface area contributed by atoms with E-state index in [0.29, 0.717) is 0 Å². The molecule has 0 heterocycles. The number of allylic oxidation sites excluding steroid dienone is 1. The Bertz CT molecular complexity index is 393. The molecule has 0 spiro atoms. The van der Waals surface area contributed by atoms with Crippen LogP contribution in [0.5, 0.6) is 0 Å². The lowest BCUT2D eigenvalue weighted by atomic mass is 10.1. The van der Waals surface area contributed by atoms with E-state index in [-0.39, 0.29) is 0 Å². The molecule has 86 valence electrons. The summed E-state index contributed by atoms with van der Waals surface area (Å²) in [6.07, 6.45) is 0.917. The number of rotatable bonds is 5. The van der Waals surface area contributed by atoms with Gasteiger partial charge in [0.05, 0.1) is 11.4 Å². The molecule has 0 bridgehead atoms. The molecule has 16 heavy (non-hydrogen) atoms. The summed E-state index contributed by atoms with van der Waals surface area (Å²) in [5.74, 6) is 0. The number of hydrogen-bond donors (Lipinski definition) is 1. The lowest BCUT2D eigenvalue weighted by Crippen LogP contribution is -2.20. The first-order chi connectivity index (χ1) is 7.52. The minimum Gasteiger partial charge on any atom is -0.397 e. The topological polar surface area (TPSA) is 29.3 Å². The van der Waals surface area contributed by atoms with Gasteiger partial charge in [-0.15, -0.1) is 0 Å². The minimum atomic E-state index is 0.811. The molecule has 1 aromatic rings. The lowest BCUT2D eigenvalue weighted by molar-refractivity contribution is 0.875. The molecule has 0 amide bonds. The molecule has 0 aromatic heterocycles. The van der Waals surface area contributed by atoms with Crippen molar-refractivity contribution < 1.29 is 0 Å². The predicted molar refractivity (Wildman–Crippen MR) is 72.7 cm³/mol. The molecule has 0 aliphatic rings. The average molecular weight is 216 g/mol. The Kier molecular flexibility index (Phi) is 4.18. The van der Waals surface area contributed by atoms with E-state index in [1.165, 1.54) is 0 Å². The van der Waals surface area contributed by atoms with Gasteiger partial charge in [0.2, 0.25) is 0 Å². The molecule has 0 radical (unpaired) electrons. The Hall–Kier alpha value is -1.70. The number of nitrogen functional groups attached to an aromatic ring is 1. The SMILES string of the molecule is C=C(C)C(=C)CCN(C)c1ccccc1N. The first-order valence-corrected chi connectivity index (χ1v) is 5.41. The molecule has 0 atom stereocenters. The summed E-state index contributed by atoms with van der Waals surface area (Å²) in [5.41, 5.74) is 9.93. The Morgan fingerprint density at radius 3 is 2.50 bits per heavy atom. The van der Waals surface area contributed by atoms with Crippen LogP contribution >= 0.6 is 0 Å². The zero-order valence-corrected chi connectivity index (χ0v) is 10.2. The standard InChI is InChI=1S/C14H20N2/c1-11(2)12(3)9-10-16(4)14-8-6-5-7-13(14)15/h5-8H,1,3,9-10,15H2,2,4H3. The second-order valence-corrected chi connectivity index (χ2v) is 4.11. The van der Waals surface area contributed by atoms with Crippen LogP contribution in [-0.4, -0.2) is 13.6 Å². The Labute approximate surface area is 98.1 Å². The third kappa shape index (κ3) is 3.16. The third-order valence-electron chi connectivity index (χ3n) is 2.70. The van der Waals surface area contributed by atoms with Crippen LogP contribution in [0.3, 0.4) is 0 Å². The van der Waals surface area contributed by atoms with Gasteiger partial charge < -0.3 is 10.6 Å². The van der Waals surface area contributed by atoms with Crippen molar-refractivity contribution in [3.8, 4) is 0 Å². The van der Waals surface area contributed by atoms with Gasteiger partial charge in [-0.25, -0.2) is 0 Å². The second kappa shape index (κ2) is 5.40. The average Bonchev–Trinajstić information content (AvgIpc) is 2.25. The summed E-state index contributed by atoms with van der Waals surface area (Å²) >= 11 is 0. The molecular weight excluding hydrogens is 196 g/mol. The van der Waals surface area contributed by atoms with Crippen molar-refractivity contribution in [2.24, 2.45) is 0 Å². The highest BCUT2D eigenvalue weighted by Gasteiger charge is 2.04. The van der Waals surface area contributed by atoms with E-state index in [9.17, 15) is 0 Å². The maximum Gasteiger partial charge on any atom is 0.0597 e. The van der Waals surface area contributed by atoms with Gasteiger partial charge >= 0.3 is 0 Å². The Morgan fingerprint density at radius 2 is 1.94 bits per heavy atom. The van der Waals surface area contributed by atoms with Crippen molar-refractivity contribution in [2.75, 3.05) is 24.2 Å². The maximum absolute atomic E-state index is 5.91. The van der Waals surface area contributed by atoms with Gasteiger partial charge in [0.1, 0.15) is 0 Å². The smallest absolute Gasteiger partial charge is 0.0597 e. The van der Waals surface area contributed by atoms with Crippen molar-refractivity contribution >= 4 is 11.4 Å². The molecule has 0 aliphatic carbocycles. The fourth-order valence-electron chi connectivity index (χ4n) is 1.47. The summed E-state index contributed by atoms with van der Waals surface area (Å²) in [6.45, 7) is 10.8. The zero-order chi connectivity index (χ0) is 12.1. The van der Waals surface area contributed by atoms with Crippen LogP contribution in [0.2, 0.25) is 0 Å². The van der Waals surface area contributed by atoms with Gasteiger partial charge in [0.25, 0.3) is 0 Å². The van der Waals surface area contributed by atoms with Crippen molar-refractivity contribution in [3.05, 3.63) is 48.6 Å². The first kappa shape index (κ1) is 12.4. The second-order valence-electron chi connectivity index (χ2n) is 4.11. The summed E-state index contributed by atoms with van der Waals surface area (Å²) < 4.78 is 0.